The molecule has 0 unspecified atom stereocenters. The maximum atomic E-state index is 13.3. The van der Waals surface area contributed by atoms with Crippen molar-refractivity contribution >= 4 is 29.5 Å². The van der Waals surface area contributed by atoms with Gasteiger partial charge in [-0.2, -0.15) is 0 Å². The van der Waals surface area contributed by atoms with Crippen molar-refractivity contribution in [1.82, 2.24) is 0 Å². The van der Waals surface area contributed by atoms with E-state index in [0.717, 1.165) is 11.1 Å². The second kappa shape index (κ2) is 8.95. The van der Waals surface area contributed by atoms with Crippen LogP contribution in [0.1, 0.15) is 47.8 Å². The summed E-state index contributed by atoms with van der Waals surface area (Å²) in [7, 11) is 0. The zero-order valence-corrected chi connectivity index (χ0v) is 17.7. The van der Waals surface area contributed by atoms with Crippen LogP contribution in [0.25, 0.3) is 12.2 Å². The molecule has 0 saturated heterocycles. The van der Waals surface area contributed by atoms with E-state index in [0.29, 0.717) is 16.9 Å². The third kappa shape index (κ3) is 6.05. The highest BCUT2D eigenvalue weighted by molar-refractivity contribution is 5.97. The van der Waals surface area contributed by atoms with Crippen LogP contribution >= 0.6 is 0 Å². The van der Waals surface area contributed by atoms with Gasteiger partial charge in [-0.25, -0.2) is 9.18 Å². The molecule has 3 aromatic carbocycles. The number of hydrogen-bond acceptors (Lipinski definition) is 3. The summed E-state index contributed by atoms with van der Waals surface area (Å²) in [5.41, 5.74) is 4.31. The lowest BCUT2D eigenvalue weighted by molar-refractivity contribution is 0.00707. The molecule has 3 rings (SSSR count). The molecule has 0 aliphatic carbocycles. The number of benzene rings is 3. The Labute approximate surface area is 177 Å². The number of hydrogen-bond donors (Lipinski definition) is 1. The molecule has 3 aromatic rings. The number of carbonyl (C=O) groups excluding carboxylic acids is 1. The minimum Gasteiger partial charge on any atom is -0.456 e. The molecule has 0 radical (unpaired) electrons. The number of rotatable bonds is 5. The molecule has 0 spiro atoms. The molecule has 0 fully saturated rings. The molecule has 154 valence electrons. The summed E-state index contributed by atoms with van der Waals surface area (Å²) in [6.45, 7) is 7.54. The van der Waals surface area contributed by atoms with Crippen molar-refractivity contribution in [2.45, 2.75) is 33.3 Å². The van der Waals surface area contributed by atoms with Gasteiger partial charge in [0.15, 0.2) is 0 Å². The van der Waals surface area contributed by atoms with Gasteiger partial charge in [-0.3, -0.25) is 0 Å². The number of nitrogens with one attached hydrogen (secondary N) is 1. The Morgan fingerprint density at radius 1 is 0.933 bits per heavy atom. The molecule has 4 heteroatoms. The largest absolute Gasteiger partial charge is 0.456 e. The Bertz CT molecular complexity index is 1060. The van der Waals surface area contributed by atoms with Gasteiger partial charge in [-0.1, -0.05) is 48.0 Å². The van der Waals surface area contributed by atoms with Crippen LogP contribution in [-0.4, -0.2) is 11.6 Å². The summed E-state index contributed by atoms with van der Waals surface area (Å²) in [5.74, 6) is -0.732. The highest BCUT2D eigenvalue weighted by Crippen LogP contribution is 2.26. The second-order valence-electron chi connectivity index (χ2n) is 8.19. The van der Waals surface area contributed by atoms with E-state index in [-0.39, 0.29) is 5.82 Å². The number of carbonyl (C=O) groups is 1. The van der Waals surface area contributed by atoms with Gasteiger partial charge in [0, 0.05) is 5.69 Å². The first-order valence-electron chi connectivity index (χ1n) is 9.84. The number of aryl methyl sites for hydroxylation is 1. The zero-order chi connectivity index (χ0) is 21.7. The molecular formula is C26H26FNO2. The van der Waals surface area contributed by atoms with Crippen LogP contribution in [0.2, 0.25) is 0 Å². The first-order valence-corrected chi connectivity index (χ1v) is 9.84. The maximum absolute atomic E-state index is 13.3. The highest BCUT2D eigenvalue weighted by atomic mass is 19.1. The summed E-state index contributed by atoms with van der Waals surface area (Å²) >= 11 is 0. The van der Waals surface area contributed by atoms with Crippen molar-refractivity contribution in [3.05, 3.63) is 94.8 Å². The van der Waals surface area contributed by atoms with Gasteiger partial charge in [0.1, 0.15) is 11.4 Å². The Morgan fingerprint density at radius 2 is 1.60 bits per heavy atom. The molecule has 30 heavy (non-hydrogen) atoms. The molecule has 0 aliphatic rings. The normalized spacial score (nSPS) is 11.5. The average Bonchev–Trinajstić information content (AvgIpc) is 2.67. The Morgan fingerprint density at radius 3 is 2.23 bits per heavy atom. The van der Waals surface area contributed by atoms with Gasteiger partial charge >= 0.3 is 5.97 Å². The van der Waals surface area contributed by atoms with E-state index in [9.17, 15) is 9.18 Å². The fourth-order valence-corrected chi connectivity index (χ4v) is 2.93. The van der Waals surface area contributed by atoms with Crippen LogP contribution in [0.3, 0.4) is 0 Å². The number of esters is 1. The van der Waals surface area contributed by atoms with Crippen molar-refractivity contribution in [3.63, 3.8) is 0 Å². The van der Waals surface area contributed by atoms with Gasteiger partial charge < -0.3 is 10.1 Å². The summed E-state index contributed by atoms with van der Waals surface area (Å²) < 4.78 is 18.8. The lowest BCUT2D eigenvalue weighted by Gasteiger charge is -2.21. The van der Waals surface area contributed by atoms with Crippen molar-refractivity contribution in [2.75, 3.05) is 5.32 Å². The van der Waals surface area contributed by atoms with Gasteiger partial charge in [0.2, 0.25) is 0 Å². The molecule has 0 bridgehead atoms. The van der Waals surface area contributed by atoms with Gasteiger partial charge in [0.25, 0.3) is 0 Å². The summed E-state index contributed by atoms with van der Waals surface area (Å²) in [6, 6.07) is 19.7. The molecule has 0 amide bonds. The first kappa shape index (κ1) is 21.3. The summed E-state index contributed by atoms with van der Waals surface area (Å²) in [4.78, 5) is 12.7. The van der Waals surface area contributed by atoms with E-state index in [1.165, 1.54) is 17.7 Å². The topological polar surface area (TPSA) is 38.3 Å². The first-order chi connectivity index (χ1) is 14.2. The lowest BCUT2D eigenvalue weighted by atomic mass is 10.1. The molecule has 0 heterocycles. The van der Waals surface area contributed by atoms with E-state index in [2.05, 4.69) is 24.4 Å². The fourth-order valence-electron chi connectivity index (χ4n) is 2.93. The molecule has 0 saturated carbocycles. The average molecular weight is 403 g/mol. The van der Waals surface area contributed by atoms with Crippen molar-refractivity contribution in [2.24, 2.45) is 0 Å². The highest BCUT2D eigenvalue weighted by Gasteiger charge is 2.20. The Balaban J connectivity index is 1.94. The zero-order valence-electron chi connectivity index (χ0n) is 17.7. The monoisotopic (exact) mass is 403 g/mol. The molecule has 0 aliphatic heterocycles. The summed E-state index contributed by atoms with van der Waals surface area (Å²) in [6.07, 6.45) is 4.01. The van der Waals surface area contributed by atoms with E-state index < -0.39 is 11.6 Å². The SMILES string of the molecule is Cc1cccc(C=Cc2ccc(C(=O)OC(C)(C)C)c(Nc3ccc(F)cc3)c2)c1. The number of halogens is 1. The van der Waals surface area contributed by atoms with E-state index >= 15 is 0 Å². The maximum Gasteiger partial charge on any atom is 0.340 e. The lowest BCUT2D eigenvalue weighted by Crippen LogP contribution is -2.24. The minimum absolute atomic E-state index is 0.317. The smallest absolute Gasteiger partial charge is 0.340 e. The van der Waals surface area contributed by atoms with Crippen LogP contribution in [0.5, 0.6) is 0 Å². The van der Waals surface area contributed by atoms with Gasteiger partial charge in [0.05, 0.1) is 11.3 Å². The van der Waals surface area contributed by atoms with E-state index in [1.807, 2.05) is 57.2 Å². The van der Waals surface area contributed by atoms with E-state index in [1.54, 1.807) is 18.2 Å². The van der Waals surface area contributed by atoms with Gasteiger partial charge in [-0.15, -0.1) is 0 Å². The predicted octanol–water partition coefficient (Wildman–Crippen LogP) is 7.00. The molecule has 1 N–H and O–H groups in total. The number of anilines is 2. The quantitative estimate of drug-likeness (QED) is 0.368. The molecule has 0 aromatic heterocycles. The Hall–Kier alpha value is -3.40. The van der Waals surface area contributed by atoms with Crippen molar-refractivity contribution in [3.8, 4) is 0 Å². The second-order valence-corrected chi connectivity index (χ2v) is 8.19. The molecule has 0 atom stereocenters. The van der Waals surface area contributed by atoms with Crippen molar-refractivity contribution < 1.29 is 13.9 Å². The third-order valence-corrected chi connectivity index (χ3v) is 4.30. The van der Waals surface area contributed by atoms with Crippen LogP contribution in [-0.2, 0) is 4.74 Å². The number of ether oxygens (including phenoxy) is 1. The Kier molecular flexibility index (Phi) is 6.36. The summed E-state index contributed by atoms with van der Waals surface area (Å²) in [5, 5.41) is 3.21. The third-order valence-electron chi connectivity index (χ3n) is 4.30. The molecule has 3 nitrogen and oxygen atoms in total. The van der Waals surface area contributed by atoms with Crippen LogP contribution in [0.4, 0.5) is 15.8 Å². The predicted molar refractivity (Wildman–Crippen MR) is 121 cm³/mol. The molecular weight excluding hydrogens is 377 g/mol. The van der Waals surface area contributed by atoms with Crippen LogP contribution in [0.15, 0.2) is 66.7 Å². The van der Waals surface area contributed by atoms with Crippen LogP contribution < -0.4 is 5.32 Å². The van der Waals surface area contributed by atoms with Crippen molar-refractivity contribution in [1.29, 1.82) is 0 Å². The fraction of sp³-hybridized carbons (Fsp3) is 0.192. The van der Waals surface area contributed by atoms with Crippen LogP contribution in [0, 0.1) is 12.7 Å². The minimum atomic E-state index is -0.603. The van der Waals surface area contributed by atoms with Gasteiger partial charge in [-0.05, 0) is 75.2 Å². The standard InChI is InChI=1S/C26H26FNO2/c1-18-6-5-7-19(16-18)8-9-20-10-15-23(25(29)30-26(2,3)4)24(17-20)28-22-13-11-21(27)12-14-22/h5-17,28H,1-4H3. The van der Waals surface area contributed by atoms with E-state index in [4.69, 9.17) is 4.74 Å².